The SMILES string of the molecule is CC1CCN(c2cc(Cl)nc(SCc3ccc(C(=O)NCc4ccccn4)cc3)n2)CC1. The number of hydrogen-bond donors (Lipinski definition) is 1. The summed E-state index contributed by atoms with van der Waals surface area (Å²) in [7, 11) is 0. The molecular weight excluding hydrogens is 442 g/mol. The minimum Gasteiger partial charge on any atom is -0.356 e. The van der Waals surface area contributed by atoms with E-state index in [0.29, 0.717) is 28.2 Å². The summed E-state index contributed by atoms with van der Waals surface area (Å²) < 4.78 is 0. The zero-order valence-electron chi connectivity index (χ0n) is 18.0. The van der Waals surface area contributed by atoms with Gasteiger partial charge in [-0.2, -0.15) is 0 Å². The Morgan fingerprint density at radius 1 is 1.16 bits per heavy atom. The predicted molar refractivity (Wildman–Crippen MR) is 129 cm³/mol. The van der Waals surface area contributed by atoms with Crippen LogP contribution in [-0.4, -0.2) is 33.9 Å². The molecule has 1 aliphatic heterocycles. The van der Waals surface area contributed by atoms with Gasteiger partial charge in [-0.3, -0.25) is 9.78 Å². The number of carbonyl (C=O) groups excluding carboxylic acids is 1. The van der Waals surface area contributed by atoms with Crippen molar-refractivity contribution in [3.05, 3.63) is 76.7 Å². The van der Waals surface area contributed by atoms with Gasteiger partial charge in [0.1, 0.15) is 11.0 Å². The van der Waals surface area contributed by atoms with Crippen LogP contribution in [0.4, 0.5) is 5.82 Å². The lowest BCUT2D eigenvalue weighted by Crippen LogP contribution is -2.33. The Labute approximate surface area is 197 Å². The van der Waals surface area contributed by atoms with E-state index < -0.39 is 0 Å². The van der Waals surface area contributed by atoms with Gasteiger partial charge < -0.3 is 10.2 Å². The van der Waals surface area contributed by atoms with Crippen LogP contribution in [0.25, 0.3) is 0 Å². The Morgan fingerprint density at radius 3 is 2.66 bits per heavy atom. The van der Waals surface area contributed by atoms with Crippen molar-refractivity contribution in [2.75, 3.05) is 18.0 Å². The number of halogens is 1. The number of pyridine rings is 1. The van der Waals surface area contributed by atoms with Crippen molar-refractivity contribution in [1.82, 2.24) is 20.3 Å². The Morgan fingerprint density at radius 2 is 1.94 bits per heavy atom. The molecule has 3 aromatic rings. The predicted octanol–water partition coefficient (Wildman–Crippen LogP) is 4.98. The normalized spacial score (nSPS) is 14.4. The number of thioether (sulfide) groups is 1. The van der Waals surface area contributed by atoms with E-state index in [1.807, 2.05) is 48.5 Å². The molecule has 0 atom stereocenters. The van der Waals surface area contributed by atoms with Crippen LogP contribution >= 0.6 is 23.4 Å². The van der Waals surface area contributed by atoms with Gasteiger partial charge in [0, 0.05) is 36.7 Å². The number of piperidine rings is 1. The molecule has 0 aliphatic carbocycles. The van der Waals surface area contributed by atoms with Crippen molar-refractivity contribution in [3.8, 4) is 0 Å². The highest BCUT2D eigenvalue weighted by Gasteiger charge is 2.18. The number of aromatic nitrogens is 3. The summed E-state index contributed by atoms with van der Waals surface area (Å²) >= 11 is 7.82. The molecule has 1 saturated heterocycles. The smallest absolute Gasteiger partial charge is 0.251 e. The molecule has 1 amide bonds. The van der Waals surface area contributed by atoms with Gasteiger partial charge in [0.25, 0.3) is 5.91 Å². The maximum absolute atomic E-state index is 12.4. The van der Waals surface area contributed by atoms with Gasteiger partial charge in [-0.1, -0.05) is 48.5 Å². The maximum atomic E-state index is 12.4. The highest BCUT2D eigenvalue weighted by molar-refractivity contribution is 7.98. The third-order valence-electron chi connectivity index (χ3n) is 5.51. The summed E-state index contributed by atoms with van der Waals surface area (Å²) in [6.45, 7) is 4.70. The number of nitrogens with zero attached hydrogens (tertiary/aromatic N) is 4. The monoisotopic (exact) mass is 467 g/mol. The van der Waals surface area contributed by atoms with Crippen LogP contribution in [0.5, 0.6) is 0 Å². The van der Waals surface area contributed by atoms with Gasteiger partial charge in [0.05, 0.1) is 12.2 Å². The molecule has 1 N–H and O–H groups in total. The molecule has 0 radical (unpaired) electrons. The third kappa shape index (κ3) is 6.20. The second kappa shape index (κ2) is 10.8. The van der Waals surface area contributed by atoms with Crippen LogP contribution in [0, 0.1) is 5.92 Å². The fourth-order valence-electron chi connectivity index (χ4n) is 3.53. The molecule has 1 aliphatic rings. The average Bonchev–Trinajstić information content (AvgIpc) is 2.82. The quantitative estimate of drug-likeness (QED) is 0.300. The van der Waals surface area contributed by atoms with E-state index in [2.05, 4.69) is 27.1 Å². The number of amides is 1. The minimum atomic E-state index is -0.117. The molecular formula is C24H26ClN5OS. The van der Waals surface area contributed by atoms with Gasteiger partial charge >= 0.3 is 0 Å². The van der Waals surface area contributed by atoms with Crippen LogP contribution in [0.2, 0.25) is 5.15 Å². The molecule has 166 valence electrons. The lowest BCUT2D eigenvalue weighted by Gasteiger charge is -2.31. The van der Waals surface area contributed by atoms with Gasteiger partial charge in [0.15, 0.2) is 5.16 Å². The lowest BCUT2D eigenvalue weighted by molar-refractivity contribution is 0.0950. The number of anilines is 1. The summed E-state index contributed by atoms with van der Waals surface area (Å²) in [6, 6.07) is 15.1. The summed E-state index contributed by atoms with van der Waals surface area (Å²) in [4.78, 5) is 28.0. The van der Waals surface area contributed by atoms with Crippen LogP contribution in [0.1, 0.15) is 41.4 Å². The molecule has 0 saturated carbocycles. The van der Waals surface area contributed by atoms with E-state index in [4.69, 9.17) is 16.6 Å². The molecule has 3 heterocycles. The van der Waals surface area contributed by atoms with Crippen molar-refractivity contribution >= 4 is 35.1 Å². The number of nitrogens with one attached hydrogen (secondary N) is 1. The standard InChI is InChI=1S/C24H26ClN5OS/c1-17-9-12-30(13-10-17)22-14-21(25)28-24(29-22)32-16-18-5-7-19(8-6-18)23(31)27-15-20-4-2-3-11-26-20/h2-8,11,14,17H,9-10,12-13,15-16H2,1H3,(H,27,31). The summed E-state index contributed by atoms with van der Waals surface area (Å²) in [6.07, 6.45) is 4.06. The molecule has 8 heteroatoms. The van der Waals surface area contributed by atoms with Gasteiger partial charge in [0.2, 0.25) is 0 Å². The van der Waals surface area contributed by atoms with Gasteiger partial charge in [-0.15, -0.1) is 0 Å². The first-order valence-corrected chi connectivity index (χ1v) is 12.1. The van der Waals surface area contributed by atoms with E-state index in [-0.39, 0.29) is 5.91 Å². The van der Waals surface area contributed by atoms with Gasteiger partial charge in [-0.05, 0) is 48.6 Å². The Hall–Kier alpha value is -2.64. The van der Waals surface area contributed by atoms with Gasteiger partial charge in [-0.25, -0.2) is 9.97 Å². The number of rotatable bonds is 7. The maximum Gasteiger partial charge on any atom is 0.251 e. The topological polar surface area (TPSA) is 71.0 Å². The average molecular weight is 468 g/mol. The highest BCUT2D eigenvalue weighted by atomic mass is 35.5. The summed E-state index contributed by atoms with van der Waals surface area (Å²) in [5.74, 6) is 2.25. The van der Waals surface area contributed by atoms with Crippen molar-refractivity contribution in [2.45, 2.75) is 37.2 Å². The first-order chi connectivity index (χ1) is 15.6. The van der Waals surface area contributed by atoms with E-state index in [9.17, 15) is 4.79 Å². The zero-order valence-corrected chi connectivity index (χ0v) is 19.6. The number of hydrogen-bond acceptors (Lipinski definition) is 6. The molecule has 0 unspecified atom stereocenters. The highest BCUT2D eigenvalue weighted by Crippen LogP contribution is 2.27. The molecule has 0 bridgehead atoms. The largest absolute Gasteiger partial charge is 0.356 e. The lowest BCUT2D eigenvalue weighted by atomic mass is 9.99. The molecule has 1 aromatic carbocycles. The minimum absolute atomic E-state index is 0.117. The van der Waals surface area contributed by atoms with Crippen molar-refractivity contribution in [1.29, 1.82) is 0 Å². The number of benzene rings is 1. The second-order valence-corrected chi connectivity index (χ2v) is 9.32. The van der Waals surface area contributed by atoms with Crippen molar-refractivity contribution in [3.63, 3.8) is 0 Å². The van der Waals surface area contributed by atoms with Crippen LogP contribution in [0.3, 0.4) is 0 Å². The van der Waals surface area contributed by atoms with Crippen LogP contribution in [0.15, 0.2) is 59.9 Å². The van der Waals surface area contributed by atoms with E-state index >= 15 is 0 Å². The molecule has 6 nitrogen and oxygen atoms in total. The Bertz CT molecular complexity index is 1040. The third-order valence-corrected chi connectivity index (χ3v) is 6.62. The zero-order chi connectivity index (χ0) is 22.3. The first kappa shape index (κ1) is 22.6. The molecule has 4 rings (SSSR count). The van der Waals surface area contributed by atoms with Crippen LogP contribution in [-0.2, 0) is 12.3 Å². The molecule has 2 aromatic heterocycles. The molecule has 0 spiro atoms. The van der Waals surface area contributed by atoms with Crippen LogP contribution < -0.4 is 10.2 Å². The van der Waals surface area contributed by atoms with E-state index in [1.54, 1.807) is 18.0 Å². The fraction of sp³-hybridized carbons (Fsp3) is 0.333. The number of carbonyl (C=O) groups is 1. The van der Waals surface area contributed by atoms with E-state index in [1.165, 1.54) is 12.8 Å². The first-order valence-electron chi connectivity index (χ1n) is 10.8. The second-order valence-electron chi connectivity index (χ2n) is 7.99. The van der Waals surface area contributed by atoms with Crippen molar-refractivity contribution in [2.24, 2.45) is 5.92 Å². The summed E-state index contributed by atoms with van der Waals surface area (Å²) in [5, 5.41) is 4.03. The van der Waals surface area contributed by atoms with E-state index in [0.717, 1.165) is 36.1 Å². The molecule has 32 heavy (non-hydrogen) atoms. The fourth-order valence-corrected chi connectivity index (χ4v) is 4.56. The summed E-state index contributed by atoms with van der Waals surface area (Å²) in [5.41, 5.74) is 2.54. The molecule has 1 fully saturated rings. The Kier molecular flexibility index (Phi) is 7.60. The van der Waals surface area contributed by atoms with Crippen molar-refractivity contribution < 1.29 is 4.79 Å². The Balaban J connectivity index is 1.32.